The van der Waals surface area contributed by atoms with E-state index >= 15 is 0 Å². The smallest absolute Gasteiger partial charge is 0.377 e. The van der Waals surface area contributed by atoms with E-state index in [0.717, 1.165) is 24.0 Å². The van der Waals surface area contributed by atoms with Crippen molar-refractivity contribution >= 4 is 21.9 Å². The standard InChI is InChI=1S/C14H15BrO4/c1-3-8-6-5-7-9(4-2)11(8)18-12-10(15)13(16)19-14(12)17/h5-7,13,16H,3-4H2,1-2H3. The van der Waals surface area contributed by atoms with Crippen LogP contribution in [0.2, 0.25) is 0 Å². The maximum absolute atomic E-state index is 11.6. The van der Waals surface area contributed by atoms with Crippen LogP contribution in [0.5, 0.6) is 5.75 Å². The highest BCUT2D eigenvalue weighted by Crippen LogP contribution is 2.32. The first-order valence-electron chi connectivity index (χ1n) is 6.15. The van der Waals surface area contributed by atoms with Crippen LogP contribution in [-0.2, 0) is 22.4 Å². The number of para-hydroxylation sites is 1. The number of aryl methyl sites for hydroxylation is 2. The molecule has 0 amide bonds. The fourth-order valence-electron chi connectivity index (χ4n) is 1.93. The molecule has 0 bridgehead atoms. The van der Waals surface area contributed by atoms with Crippen LogP contribution in [-0.4, -0.2) is 17.4 Å². The number of hydrogen-bond donors (Lipinski definition) is 1. The Balaban J connectivity index is 2.41. The van der Waals surface area contributed by atoms with Crippen molar-refractivity contribution < 1.29 is 19.4 Å². The Morgan fingerprint density at radius 2 is 1.89 bits per heavy atom. The summed E-state index contributed by atoms with van der Waals surface area (Å²) >= 11 is 3.12. The molecule has 1 aromatic rings. The number of esters is 1. The number of carbonyl (C=O) groups excluding carboxylic acids is 1. The highest BCUT2D eigenvalue weighted by atomic mass is 79.9. The minimum absolute atomic E-state index is 0.0168. The topological polar surface area (TPSA) is 55.8 Å². The summed E-state index contributed by atoms with van der Waals surface area (Å²) in [6, 6.07) is 5.88. The lowest BCUT2D eigenvalue weighted by molar-refractivity contribution is -0.153. The van der Waals surface area contributed by atoms with Crippen molar-refractivity contribution in [2.24, 2.45) is 0 Å². The van der Waals surface area contributed by atoms with Gasteiger partial charge in [-0.1, -0.05) is 32.0 Å². The van der Waals surface area contributed by atoms with Crippen molar-refractivity contribution in [3.05, 3.63) is 39.6 Å². The number of hydrogen-bond acceptors (Lipinski definition) is 4. The van der Waals surface area contributed by atoms with Gasteiger partial charge >= 0.3 is 5.97 Å². The number of cyclic esters (lactones) is 1. The molecule has 1 aromatic carbocycles. The second-order valence-electron chi connectivity index (χ2n) is 4.15. The number of benzene rings is 1. The van der Waals surface area contributed by atoms with Crippen LogP contribution in [0, 0.1) is 0 Å². The summed E-state index contributed by atoms with van der Waals surface area (Å²) in [5, 5.41) is 9.44. The highest BCUT2D eigenvalue weighted by molar-refractivity contribution is 9.11. The van der Waals surface area contributed by atoms with Crippen LogP contribution in [0.1, 0.15) is 25.0 Å². The van der Waals surface area contributed by atoms with E-state index < -0.39 is 12.3 Å². The van der Waals surface area contributed by atoms with E-state index in [1.165, 1.54) is 0 Å². The van der Waals surface area contributed by atoms with Gasteiger partial charge in [-0.05, 0) is 39.9 Å². The van der Waals surface area contributed by atoms with Gasteiger partial charge in [0, 0.05) is 0 Å². The molecule has 102 valence electrons. The first-order chi connectivity index (χ1) is 9.08. The van der Waals surface area contributed by atoms with Gasteiger partial charge in [-0.15, -0.1) is 0 Å². The number of rotatable bonds is 4. The SMILES string of the molecule is CCc1cccc(CC)c1OC1=C(Br)C(O)OC1=O. The number of carbonyl (C=O) groups is 1. The third-order valence-corrected chi connectivity index (χ3v) is 3.73. The fourth-order valence-corrected chi connectivity index (χ4v) is 2.27. The van der Waals surface area contributed by atoms with Crippen molar-refractivity contribution in [3.63, 3.8) is 0 Å². The third kappa shape index (κ3) is 2.67. The molecule has 1 N–H and O–H groups in total. The Labute approximate surface area is 120 Å². The molecule has 0 fully saturated rings. The van der Waals surface area contributed by atoms with Crippen LogP contribution >= 0.6 is 15.9 Å². The van der Waals surface area contributed by atoms with E-state index in [1.54, 1.807) is 0 Å². The molecule has 1 aliphatic rings. The van der Waals surface area contributed by atoms with E-state index in [4.69, 9.17) is 4.74 Å². The number of aliphatic hydroxyl groups excluding tert-OH is 1. The van der Waals surface area contributed by atoms with E-state index in [2.05, 4.69) is 20.7 Å². The molecule has 1 unspecified atom stereocenters. The summed E-state index contributed by atoms with van der Waals surface area (Å²) in [7, 11) is 0. The van der Waals surface area contributed by atoms with Crippen molar-refractivity contribution in [2.75, 3.05) is 0 Å². The summed E-state index contributed by atoms with van der Waals surface area (Å²) in [6.07, 6.45) is 0.318. The molecule has 0 spiro atoms. The summed E-state index contributed by atoms with van der Waals surface area (Å²) in [5.74, 6) is 0.0286. The minimum Gasteiger partial charge on any atom is -0.448 e. The van der Waals surface area contributed by atoms with E-state index in [0.29, 0.717) is 5.75 Å². The van der Waals surface area contributed by atoms with Gasteiger partial charge < -0.3 is 14.6 Å². The van der Waals surface area contributed by atoms with Gasteiger partial charge in [-0.2, -0.15) is 0 Å². The third-order valence-electron chi connectivity index (χ3n) is 2.98. The van der Waals surface area contributed by atoms with Gasteiger partial charge in [0.15, 0.2) is 0 Å². The Morgan fingerprint density at radius 3 is 2.32 bits per heavy atom. The molecule has 0 aromatic heterocycles. The minimum atomic E-state index is -1.28. The fraction of sp³-hybridized carbons (Fsp3) is 0.357. The van der Waals surface area contributed by atoms with Gasteiger partial charge in [0.1, 0.15) is 10.2 Å². The molecule has 0 radical (unpaired) electrons. The summed E-state index contributed by atoms with van der Waals surface area (Å²) in [5.41, 5.74) is 2.03. The molecular weight excluding hydrogens is 312 g/mol. The maximum Gasteiger partial charge on any atom is 0.377 e. The lowest BCUT2D eigenvalue weighted by Crippen LogP contribution is -2.10. The molecule has 1 atom stereocenters. The lowest BCUT2D eigenvalue weighted by atomic mass is 10.0. The lowest BCUT2D eigenvalue weighted by Gasteiger charge is -2.13. The first kappa shape index (κ1) is 14.1. The Kier molecular flexibility index (Phi) is 4.27. The normalized spacial score (nSPS) is 18.7. The van der Waals surface area contributed by atoms with Gasteiger partial charge in [0.2, 0.25) is 12.0 Å². The highest BCUT2D eigenvalue weighted by Gasteiger charge is 2.34. The second-order valence-corrected chi connectivity index (χ2v) is 5.00. The zero-order chi connectivity index (χ0) is 14.0. The van der Waals surface area contributed by atoms with Gasteiger partial charge in [-0.3, -0.25) is 0 Å². The van der Waals surface area contributed by atoms with Gasteiger partial charge in [-0.25, -0.2) is 4.79 Å². The Hall–Kier alpha value is -1.33. The molecule has 0 saturated heterocycles. The van der Waals surface area contributed by atoms with E-state index in [-0.39, 0.29) is 10.2 Å². The predicted molar refractivity (Wildman–Crippen MR) is 73.9 cm³/mol. The molecule has 0 aliphatic carbocycles. The van der Waals surface area contributed by atoms with Crippen LogP contribution in [0.25, 0.3) is 0 Å². The summed E-state index contributed by atoms with van der Waals surface area (Å²) < 4.78 is 10.6. The van der Waals surface area contributed by atoms with Crippen molar-refractivity contribution in [1.82, 2.24) is 0 Å². The molecule has 4 nitrogen and oxygen atoms in total. The maximum atomic E-state index is 11.6. The molecule has 19 heavy (non-hydrogen) atoms. The molecule has 5 heteroatoms. The molecular formula is C14H15BrO4. The van der Waals surface area contributed by atoms with Crippen molar-refractivity contribution in [3.8, 4) is 5.75 Å². The van der Waals surface area contributed by atoms with Gasteiger partial charge in [0.25, 0.3) is 0 Å². The Bertz CT molecular complexity index is 514. The van der Waals surface area contributed by atoms with Crippen LogP contribution < -0.4 is 4.74 Å². The average Bonchev–Trinajstić information content (AvgIpc) is 2.65. The average molecular weight is 327 g/mol. The number of ether oxygens (including phenoxy) is 2. The van der Waals surface area contributed by atoms with E-state index in [1.807, 2.05) is 32.0 Å². The predicted octanol–water partition coefficient (Wildman–Crippen LogP) is 2.67. The second kappa shape index (κ2) is 5.75. The van der Waals surface area contributed by atoms with Crippen LogP contribution in [0.4, 0.5) is 0 Å². The zero-order valence-corrected chi connectivity index (χ0v) is 12.4. The summed E-state index contributed by atoms with van der Waals surface area (Å²) in [4.78, 5) is 11.6. The quantitative estimate of drug-likeness (QED) is 0.864. The molecule has 1 aliphatic heterocycles. The molecule has 2 rings (SSSR count). The zero-order valence-electron chi connectivity index (χ0n) is 10.8. The summed E-state index contributed by atoms with van der Waals surface area (Å²) in [6.45, 7) is 4.04. The number of aliphatic hydroxyl groups is 1. The largest absolute Gasteiger partial charge is 0.448 e. The first-order valence-corrected chi connectivity index (χ1v) is 6.95. The molecule has 1 heterocycles. The molecule has 0 saturated carbocycles. The monoisotopic (exact) mass is 326 g/mol. The van der Waals surface area contributed by atoms with Crippen molar-refractivity contribution in [1.29, 1.82) is 0 Å². The van der Waals surface area contributed by atoms with Crippen molar-refractivity contribution in [2.45, 2.75) is 33.0 Å². The number of halogens is 1. The van der Waals surface area contributed by atoms with Crippen LogP contribution in [0.3, 0.4) is 0 Å². The van der Waals surface area contributed by atoms with Crippen LogP contribution in [0.15, 0.2) is 28.4 Å². The Morgan fingerprint density at radius 1 is 1.32 bits per heavy atom. The van der Waals surface area contributed by atoms with E-state index in [9.17, 15) is 9.90 Å². The van der Waals surface area contributed by atoms with Gasteiger partial charge in [0.05, 0.1) is 0 Å².